The van der Waals surface area contributed by atoms with E-state index in [0.29, 0.717) is 18.6 Å². The lowest BCUT2D eigenvalue weighted by Crippen LogP contribution is -2.60. The minimum Gasteiger partial charge on any atom is -0.471 e. The number of rotatable bonds is 11. The molecule has 4 amide bonds. The SMILES string of the molecule is C=C[C@@H]1CC1(NC(=O)[C@@H]1C[C@@H](OC2=NC3N=CN=CC3N=C2c2cccs2)CN1C(=O)[C@@H](NC(=O)OC1CCCC1)C(C)(C)C)C(=O)NS(=O)(=O)C1CC1. The molecule has 0 spiro atoms. The van der Waals surface area contributed by atoms with Crippen LogP contribution >= 0.6 is 11.3 Å². The van der Waals surface area contributed by atoms with Crippen LogP contribution < -0.4 is 15.4 Å². The van der Waals surface area contributed by atoms with Crippen molar-refractivity contribution in [3.05, 3.63) is 35.0 Å². The van der Waals surface area contributed by atoms with Gasteiger partial charge in [0.1, 0.15) is 47.9 Å². The highest BCUT2D eigenvalue weighted by atomic mass is 32.2. The Bertz CT molecular complexity index is 1910. The predicted molar refractivity (Wildman–Crippen MR) is 202 cm³/mol. The molecule has 4 heterocycles. The van der Waals surface area contributed by atoms with Crippen molar-refractivity contribution >= 4 is 69.3 Å². The zero-order valence-corrected chi connectivity index (χ0v) is 32.1. The average Bonchev–Trinajstić information content (AvgIpc) is 3.88. The third-order valence-electron chi connectivity index (χ3n) is 10.6. The largest absolute Gasteiger partial charge is 0.471 e. The molecule has 0 radical (unpaired) electrons. The Kier molecular flexibility index (Phi) is 10.3. The van der Waals surface area contributed by atoms with E-state index in [0.717, 1.165) is 30.6 Å². The van der Waals surface area contributed by atoms with Gasteiger partial charge in [-0.2, -0.15) is 0 Å². The van der Waals surface area contributed by atoms with Crippen LogP contribution in [0.25, 0.3) is 0 Å². The normalized spacial score (nSPS) is 29.7. The smallest absolute Gasteiger partial charge is 0.408 e. The van der Waals surface area contributed by atoms with Crippen LogP contribution in [0.2, 0.25) is 0 Å². The number of carbonyl (C=O) groups excluding carboxylic acids is 4. The number of aliphatic imine (C=N–C) groups is 4. The van der Waals surface area contributed by atoms with Crippen molar-refractivity contribution in [3.63, 3.8) is 0 Å². The highest BCUT2D eigenvalue weighted by molar-refractivity contribution is 7.91. The molecule has 6 aliphatic rings. The molecule has 3 aliphatic heterocycles. The topological polar surface area (TPSA) is 210 Å². The maximum absolute atomic E-state index is 14.6. The third kappa shape index (κ3) is 7.85. The van der Waals surface area contributed by atoms with E-state index in [1.807, 2.05) is 17.5 Å². The molecule has 16 nitrogen and oxygen atoms in total. The number of hydrogen-bond donors (Lipinski definition) is 3. The molecule has 1 aromatic rings. The van der Waals surface area contributed by atoms with E-state index in [1.54, 1.807) is 27.0 Å². The second kappa shape index (κ2) is 14.7. The second-order valence-electron chi connectivity index (χ2n) is 15.8. The molecule has 54 heavy (non-hydrogen) atoms. The van der Waals surface area contributed by atoms with Gasteiger partial charge in [0.25, 0.3) is 5.91 Å². The minimum absolute atomic E-state index is 0.00660. The number of carbonyl (C=O) groups is 4. The summed E-state index contributed by atoms with van der Waals surface area (Å²) in [5.74, 6) is -2.40. The fourth-order valence-electron chi connectivity index (χ4n) is 7.34. The van der Waals surface area contributed by atoms with Gasteiger partial charge in [0.05, 0.1) is 16.7 Å². The van der Waals surface area contributed by atoms with Crippen molar-refractivity contribution < 1.29 is 37.1 Å². The number of hydrogen-bond acceptors (Lipinski definition) is 13. The number of likely N-dealkylation sites (tertiary alicyclic amines) is 1. The first-order valence-corrected chi connectivity index (χ1v) is 20.8. The van der Waals surface area contributed by atoms with Crippen LogP contribution in [0.5, 0.6) is 0 Å². The summed E-state index contributed by atoms with van der Waals surface area (Å²) >= 11 is 1.45. The average molecular weight is 783 g/mol. The summed E-state index contributed by atoms with van der Waals surface area (Å²) in [4.78, 5) is 75.9. The molecule has 3 saturated carbocycles. The molecule has 1 aromatic heterocycles. The number of ether oxygens (including phenoxy) is 2. The highest BCUT2D eigenvalue weighted by Gasteiger charge is 2.62. The summed E-state index contributed by atoms with van der Waals surface area (Å²) in [6, 6.07) is 1.06. The van der Waals surface area contributed by atoms with Gasteiger partial charge in [0.15, 0.2) is 6.17 Å². The Labute approximate surface area is 318 Å². The zero-order valence-electron chi connectivity index (χ0n) is 30.5. The van der Waals surface area contributed by atoms with E-state index in [1.165, 1.54) is 28.7 Å². The Morgan fingerprint density at radius 2 is 1.87 bits per heavy atom. The first kappa shape index (κ1) is 37.8. The number of fused-ring (bicyclic) bond motifs is 1. The summed E-state index contributed by atoms with van der Waals surface area (Å²) in [7, 11) is -3.91. The van der Waals surface area contributed by atoms with Gasteiger partial charge in [0, 0.05) is 18.6 Å². The molecule has 0 aromatic carbocycles. The number of nitrogens with zero attached hydrogens (tertiary/aromatic N) is 5. The van der Waals surface area contributed by atoms with Gasteiger partial charge in [-0.3, -0.25) is 24.1 Å². The standard InChI is InChI=1S/C36H46N8O8S2/c1-5-20-16-36(20,33(47)43-54(49,50)23-12-13-23)42-30(45)25-15-22(51-31-27(26-11-8-14-53-26)39-24-17-37-19-38-29(24)41-31)18-44(25)32(46)28(35(2,3)4)40-34(48)52-21-9-6-7-10-21/h5,8,11,14,17,19-25,28-29H,1,6-7,9-10,12-13,15-16,18H2,2-4H3,(H,40,48)(H,42,45)(H,43,47)/t20-,22-,24?,25+,28-,29?,36?/m1/s1. The van der Waals surface area contributed by atoms with E-state index >= 15 is 0 Å². The molecule has 290 valence electrons. The fraction of sp³-hybridized carbons (Fsp3) is 0.611. The number of thiophene rings is 1. The van der Waals surface area contributed by atoms with E-state index in [2.05, 4.69) is 31.9 Å². The fourth-order valence-corrected chi connectivity index (χ4v) is 9.41. The molecule has 18 heteroatoms. The van der Waals surface area contributed by atoms with Crippen LogP contribution in [0, 0.1) is 11.3 Å². The van der Waals surface area contributed by atoms with E-state index in [-0.39, 0.29) is 31.4 Å². The summed E-state index contributed by atoms with van der Waals surface area (Å²) in [5.41, 5.74) is -1.89. The van der Waals surface area contributed by atoms with E-state index in [9.17, 15) is 27.6 Å². The van der Waals surface area contributed by atoms with Gasteiger partial charge in [-0.25, -0.2) is 28.2 Å². The molecule has 7 atom stereocenters. The van der Waals surface area contributed by atoms with Crippen LogP contribution in [-0.4, -0.2) is 115 Å². The van der Waals surface area contributed by atoms with Crippen molar-refractivity contribution in [2.75, 3.05) is 6.54 Å². The third-order valence-corrected chi connectivity index (χ3v) is 13.3. The Morgan fingerprint density at radius 1 is 1.11 bits per heavy atom. The van der Waals surface area contributed by atoms with E-state index < -0.39 is 86.4 Å². The molecule has 3 aliphatic carbocycles. The lowest BCUT2D eigenvalue weighted by molar-refractivity contribution is -0.143. The van der Waals surface area contributed by atoms with Gasteiger partial charge < -0.3 is 25.0 Å². The molecule has 3 N–H and O–H groups in total. The van der Waals surface area contributed by atoms with Crippen molar-refractivity contribution in [2.45, 2.75) is 119 Å². The minimum atomic E-state index is -3.91. The van der Waals surface area contributed by atoms with Gasteiger partial charge in [0.2, 0.25) is 27.7 Å². The van der Waals surface area contributed by atoms with Crippen molar-refractivity contribution in [1.82, 2.24) is 20.3 Å². The van der Waals surface area contributed by atoms with Crippen LogP contribution in [0.4, 0.5) is 4.79 Å². The summed E-state index contributed by atoms with van der Waals surface area (Å²) in [6.07, 6.45) is 6.68. The Morgan fingerprint density at radius 3 is 2.52 bits per heavy atom. The summed E-state index contributed by atoms with van der Waals surface area (Å²) < 4.78 is 39.8. The monoisotopic (exact) mass is 782 g/mol. The maximum Gasteiger partial charge on any atom is 0.408 e. The molecular weight excluding hydrogens is 737 g/mol. The van der Waals surface area contributed by atoms with Gasteiger partial charge >= 0.3 is 6.09 Å². The molecule has 4 fully saturated rings. The lowest BCUT2D eigenvalue weighted by Gasteiger charge is -2.35. The van der Waals surface area contributed by atoms with Crippen molar-refractivity contribution in [1.29, 1.82) is 0 Å². The summed E-state index contributed by atoms with van der Waals surface area (Å²) in [6.45, 7) is 9.11. The van der Waals surface area contributed by atoms with E-state index in [4.69, 9.17) is 19.5 Å². The quantitative estimate of drug-likeness (QED) is 0.284. The number of nitrogens with one attached hydrogen (secondary N) is 3. The maximum atomic E-state index is 14.6. The van der Waals surface area contributed by atoms with Crippen LogP contribution in [-0.2, 0) is 33.9 Å². The zero-order chi connectivity index (χ0) is 38.4. The van der Waals surface area contributed by atoms with Crippen molar-refractivity contribution in [3.8, 4) is 0 Å². The Hall–Kier alpha value is -4.45. The van der Waals surface area contributed by atoms with Crippen LogP contribution in [0.3, 0.4) is 0 Å². The van der Waals surface area contributed by atoms with Crippen LogP contribution in [0.15, 0.2) is 50.1 Å². The molecule has 3 unspecified atom stereocenters. The van der Waals surface area contributed by atoms with Crippen LogP contribution in [0.1, 0.15) is 77.0 Å². The molecular formula is C36H46N8O8S2. The number of amides is 4. The Balaban J connectivity index is 1.16. The second-order valence-corrected chi connectivity index (χ2v) is 18.7. The first-order chi connectivity index (χ1) is 25.7. The van der Waals surface area contributed by atoms with Crippen molar-refractivity contribution in [2.24, 2.45) is 31.3 Å². The molecule has 0 bridgehead atoms. The molecule has 1 saturated heterocycles. The number of sulfonamides is 1. The summed E-state index contributed by atoms with van der Waals surface area (Å²) in [5, 5.41) is 6.83. The highest BCUT2D eigenvalue weighted by Crippen LogP contribution is 2.45. The molecule has 7 rings (SSSR count). The predicted octanol–water partition coefficient (Wildman–Crippen LogP) is 2.50. The van der Waals surface area contributed by atoms with Gasteiger partial charge in [-0.1, -0.05) is 32.9 Å². The first-order valence-electron chi connectivity index (χ1n) is 18.4. The lowest BCUT2D eigenvalue weighted by atomic mass is 9.85. The van der Waals surface area contributed by atoms with Gasteiger partial charge in [-0.05, 0) is 61.8 Å². The van der Waals surface area contributed by atoms with Gasteiger partial charge in [-0.15, -0.1) is 17.9 Å². The number of alkyl carbamates (subject to hydrolysis) is 1.